The van der Waals surface area contributed by atoms with Gasteiger partial charge < -0.3 is 19.7 Å². The van der Waals surface area contributed by atoms with Gasteiger partial charge in [0.2, 0.25) is 0 Å². The molecule has 0 aliphatic rings. The summed E-state index contributed by atoms with van der Waals surface area (Å²) in [6, 6.07) is 11.8. The smallest absolute Gasteiger partial charge is 0.412 e. The van der Waals surface area contributed by atoms with Crippen molar-refractivity contribution in [1.82, 2.24) is 0 Å². The van der Waals surface area contributed by atoms with E-state index in [9.17, 15) is 14.7 Å². The second-order valence-corrected chi connectivity index (χ2v) is 7.58. The lowest BCUT2D eigenvalue weighted by Crippen LogP contribution is -2.27. The van der Waals surface area contributed by atoms with Crippen LogP contribution < -0.4 is 5.32 Å². The van der Waals surface area contributed by atoms with Crippen molar-refractivity contribution in [3.63, 3.8) is 0 Å². The van der Waals surface area contributed by atoms with E-state index in [0.717, 1.165) is 11.0 Å². The van der Waals surface area contributed by atoms with Crippen molar-refractivity contribution in [2.75, 3.05) is 18.7 Å². The number of halogens is 1. The van der Waals surface area contributed by atoms with Gasteiger partial charge in [-0.2, -0.15) is 0 Å². The molecule has 0 aliphatic carbocycles. The minimum Gasteiger partial charge on any atom is -0.508 e. The van der Waals surface area contributed by atoms with E-state index < -0.39 is 24.3 Å². The van der Waals surface area contributed by atoms with Crippen LogP contribution in [0.5, 0.6) is 5.75 Å². The topological polar surface area (TPSA) is 105 Å². The Labute approximate surface area is 180 Å². The van der Waals surface area contributed by atoms with E-state index >= 15 is 0 Å². The fourth-order valence-electron chi connectivity index (χ4n) is 2.48. The third-order valence-corrected chi connectivity index (χ3v) is 5.10. The largest absolute Gasteiger partial charge is 0.508 e. The molecule has 2 atom stereocenters. The van der Waals surface area contributed by atoms with Gasteiger partial charge in [-0.25, -0.2) is 9.59 Å². The van der Waals surface area contributed by atoms with Crippen LogP contribution in [0.4, 0.5) is 10.5 Å². The van der Waals surface area contributed by atoms with Gasteiger partial charge in [0.05, 0.1) is 0 Å². The van der Waals surface area contributed by atoms with Crippen LogP contribution in [-0.4, -0.2) is 41.7 Å². The van der Waals surface area contributed by atoms with Gasteiger partial charge in [0.15, 0.2) is 6.10 Å². The van der Waals surface area contributed by atoms with Crippen LogP contribution in [0.2, 0.25) is 0 Å². The minimum absolute atomic E-state index is 0.124. The molecule has 0 unspecified atom stereocenters. The Morgan fingerprint density at radius 3 is 2.48 bits per heavy atom. The Hall–Kier alpha value is -2.49. The summed E-state index contributed by atoms with van der Waals surface area (Å²) in [7, 11) is 1.35. The number of rotatable bonds is 8. The summed E-state index contributed by atoms with van der Waals surface area (Å²) in [5.41, 5.74) is 0.786. The number of nitrogens with one attached hydrogen (secondary N) is 1. The van der Waals surface area contributed by atoms with E-state index in [1.807, 2.05) is 18.4 Å². The number of thioether (sulfide) groups is 1. The summed E-state index contributed by atoms with van der Waals surface area (Å²) in [6.45, 7) is 0. The van der Waals surface area contributed by atoms with Crippen LogP contribution in [0.15, 0.2) is 64.0 Å². The maximum absolute atomic E-state index is 12.5. The molecule has 1 amide bonds. The predicted molar refractivity (Wildman–Crippen MR) is 114 cm³/mol. The molecule has 0 radical (unpaired) electrons. The van der Waals surface area contributed by atoms with Crippen molar-refractivity contribution in [3.8, 4) is 5.75 Å². The number of carbonyl (C=O) groups excluding carboxylic acids is 1. The highest BCUT2D eigenvalue weighted by Gasteiger charge is 2.28. The Morgan fingerprint density at radius 1 is 1.21 bits per heavy atom. The first-order valence-electron chi connectivity index (χ1n) is 8.38. The molecular formula is C20H20BrNO6S. The number of carboxylic acids is 1. The van der Waals surface area contributed by atoms with Gasteiger partial charge in [-0.05, 0) is 54.8 Å². The van der Waals surface area contributed by atoms with E-state index in [1.165, 1.54) is 19.3 Å². The first kappa shape index (κ1) is 22.8. The molecule has 3 N–H and O–H groups in total. The molecule has 7 nitrogen and oxygen atoms in total. The number of methoxy groups -OCH3 is 1. The fraction of sp³-hybridized carbons (Fsp3) is 0.200. The standard InChI is InChI=1S/C20H20BrNO6S/c1-27-17(9-10-18(24)25)19(15-11-12(21)3-8-16(15)23)28-20(26)22-13-4-6-14(29-2)7-5-13/h3-11,17,19,23H,1-2H3,(H,22,26)(H,24,25)/b10-9+/t17-,19-/m0/s1. The number of carboxylic acid groups (broad SMARTS) is 1. The normalized spacial score (nSPS) is 13.1. The average Bonchev–Trinajstić information content (AvgIpc) is 2.69. The van der Waals surface area contributed by atoms with E-state index in [2.05, 4.69) is 21.2 Å². The second-order valence-electron chi connectivity index (χ2n) is 5.78. The number of anilines is 1. The van der Waals surface area contributed by atoms with Gasteiger partial charge in [0, 0.05) is 33.8 Å². The summed E-state index contributed by atoms with van der Waals surface area (Å²) in [4.78, 5) is 24.4. The second kappa shape index (κ2) is 10.9. The Balaban J connectivity index is 2.29. The van der Waals surface area contributed by atoms with Gasteiger partial charge in [0.1, 0.15) is 11.9 Å². The molecule has 0 saturated carbocycles. The Kier molecular flexibility index (Phi) is 8.56. The number of carbonyl (C=O) groups is 2. The first-order valence-corrected chi connectivity index (χ1v) is 10.4. The molecule has 0 aliphatic heterocycles. The molecule has 0 spiro atoms. The summed E-state index contributed by atoms with van der Waals surface area (Å²) in [5, 5.41) is 21.8. The van der Waals surface area contributed by atoms with E-state index in [0.29, 0.717) is 10.2 Å². The van der Waals surface area contributed by atoms with Crippen molar-refractivity contribution >= 4 is 45.4 Å². The van der Waals surface area contributed by atoms with Crippen LogP contribution >= 0.6 is 27.7 Å². The third-order valence-electron chi connectivity index (χ3n) is 3.87. The van der Waals surface area contributed by atoms with E-state index in [-0.39, 0.29) is 11.3 Å². The lowest BCUT2D eigenvalue weighted by Gasteiger charge is -2.25. The summed E-state index contributed by atoms with van der Waals surface area (Å²) in [5.74, 6) is -1.30. The zero-order valence-corrected chi connectivity index (χ0v) is 18.1. The van der Waals surface area contributed by atoms with Gasteiger partial charge in [-0.15, -0.1) is 11.8 Å². The van der Waals surface area contributed by atoms with Crippen LogP contribution in [0, 0.1) is 0 Å². The number of benzene rings is 2. The van der Waals surface area contributed by atoms with Crippen molar-refractivity contribution < 1.29 is 29.3 Å². The predicted octanol–water partition coefficient (Wildman–Crippen LogP) is 4.82. The zero-order chi connectivity index (χ0) is 21.4. The highest BCUT2D eigenvalue weighted by molar-refractivity contribution is 9.10. The fourth-order valence-corrected chi connectivity index (χ4v) is 3.27. The number of hydrogen-bond donors (Lipinski definition) is 3. The maximum atomic E-state index is 12.5. The summed E-state index contributed by atoms with van der Waals surface area (Å²) in [6.07, 6.45) is 1.25. The van der Waals surface area contributed by atoms with Gasteiger partial charge in [0.25, 0.3) is 0 Å². The van der Waals surface area contributed by atoms with Gasteiger partial charge in [-0.3, -0.25) is 5.32 Å². The van der Waals surface area contributed by atoms with Crippen molar-refractivity contribution in [2.24, 2.45) is 0 Å². The van der Waals surface area contributed by atoms with E-state index in [1.54, 1.807) is 36.0 Å². The number of hydrogen-bond acceptors (Lipinski definition) is 6. The molecular weight excluding hydrogens is 462 g/mol. The third kappa shape index (κ3) is 6.81. The molecule has 2 aromatic rings. The lowest BCUT2D eigenvalue weighted by atomic mass is 10.0. The Bertz CT molecular complexity index is 887. The number of aliphatic carboxylic acids is 1. The molecule has 9 heteroatoms. The number of ether oxygens (including phenoxy) is 2. The average molecular weight is 482 g/mol. The summed E-state index contributed by atoms with van der Waals surface area (Å²) < 4.78 is 11.5. The molecule has 2 rings (SSSR count). The first-order chi connectivity index (χ1) is 13.8. The SMILES string of the molecule is CO[C@@H](/C=C/C(=O)O)[C@@H](OC(=O)Nc1ccc(SC)cc1)c1cc(Br)ccc1O. The van der Waals surface area contributed by atoms with E-state index in [4.69, 9.17) is 14.6 Å². The number of phenols is 1. The molecule has 0 fully saturated rings. The number of amides is 1. The highest BCUT2D eigenvalue weighted by Crippen LogP contribution is 2.34. The van der Waals surface area contributed by atoms with Gasteiger partial charge >= 0.3 is 12.1 Å². The van der Waals surface area contributed by atoms with Crippen LogP contribution in [0.1, 0.15) is 11.7 Å². The van der Waals surface area contributed by atoms with Crippen molar-refractivity contribution in [3.05, 3.63) is 64.7 Å². The van der Waals surface area contributed by atoms with Crippen molar-refractivity contribution in [2.45, 2.75) is 17.1 Å². The van der Waals surface area contributed by atoms with Crippen LogP contribution in [-0.2, 0) is 14.3 Å². The molecule has 0 aromatic heterocycles. The molecule has 0 bridgehead atoms. The monoisotopic (exact) mass is 481 g/mol. The van der Waals surface area contributed by atoms with Crippen LogP contribution in [0.3, 0.4) is 0 Å². The lowest BCUT2D eigenvalue weighted by molar-refractivity contribution is -0.131. The zero-order valence-electron chi connectivity index (χ0n) is 15.7. The Morgan fingerprint density at radius 2 is 1.90 bits per heavy atom. The minimum atomic E-state index is -1.18. The molecule has 0 heterocycles. The van der Waals surface area contributed by atoms with Crippen LogP contribution in [0.25, 0.3) is 0 Å². The molecule has 29 heavy (non-hydrogen) atoms. The molecule has 2 aromatic carbocycles. The van der Waals surface area contributed by atoms with Gasteiger partial charge in [-0.1, -0.05) is 15.9 Å². The number of phenolic OH excluding ortho intramolecular Hbond substituents is 1. The molecule has 154 valence electrons. The highest BCUT2D eigenvalue weighted by atomic mass is 79.9. The maximum Gasteiger partial charge on any atom is 0.412 e. The van der Waals surface area contributed by atoms with Crippen molar-refractivity contribution in [1.29, 1.82) is 0 Å². The number of aromatic hydroxyl groups is 1. The summed E-state index contributed by atoms with van der Waals surface area (Å²) >= 11 is 4.88. The quantitative estimate of drug-likeness (QED) is 0.366. The molecule has 0 saturated heterocycles.